The molecule has 0 bridgehead atoms. The van der Waals surface area contributed by atoms with Gasteiger partial charge in [0, 0.05) is 42.7 Å². The van der Waals surface area contributed by atoms with Gasteiger partial charge < -0.3 is 19.6 Å². The smallest absolute Gasteiger partial charge is 0.411 e. The van der Waals surface area contributed by atoms with Crippen LogP contribution in [-0.2, 0) is 4.74 Å². The lowest BCUT2D eigenvalue weighted by Gasteiger charge is -2.34. The number of nitrogens with zero attached hydrogens (tertiary/aromatic N) is 4. The van der Waals surface area contributed by atoms with Crippen molar-refractivity contribution in [3.8, 4) is 11.3 Å². The zero-order chi connectivity index (χ0) is 22.1. The van der Waals surface area contributed by atoms with E-state index in [2.05, 4.69) is 4.90 Å². The minimum Gasteiger partial charge on any atom is -0.465 e. The molecule has 1 aromatic heterocycles. The summed E-state index contributed by atoms with van der Waals surface area (Å²) in [6.45, 7) is 3.30. The van der Waals surface area contributed by atoms with E-state index < -0.39 is 6.09 Å². The molecule has 32 heavy (non-hydrogen) atoms. The lowest BCUT2D eigenvalue weighted by atomic mass is 10.1. The van der Waals surface area contributed by atoms with Gasteiger partial charge in [-0.15, -0.1) is 11.3 Å². The Kier molecular flexibility index (Phi) is 5.50. The molecule has 3 heterocycles. The third kappa shape index (κ3) is 3.80. The van der Waals surface area contributed by atoms with Gasteiger partial charge in [-0.1, -0.05) is 24.3 Å². The molecular weight excluding hydrogens is 428 g/mol. The van der Waals surface area contributed by atoms with Crippen molar-refractivity contribution in [3.63, 3.8) is 0 Å². The van der Waals surface area contributed by atoms with Gasteiger partial charge in [-0.05, 0) is 24.3 Å². The van der Waals surface area contributed by atoms with Crippen LogP contribution in [0, 0.1) is 0 Å². The van der Waals surface area contributed by atoms with Crippen molar-refractivity contribution in [1.29, 1.82) is 0 Å². The number of hydrogen-bond donors (Lipinski definition) is 1. The van der Waals surface area contributed by atoms with Crippen molar-refractivity contribution in [2.45, 2.75) is 0 Å². The van der Waals surface area contributed by atoms with Crippen LogP contribution < -0.4 is 9.80 Å². The second-order valence-electron chi connectivity index (χ2n) is 7.57. The van der Waals surface area contributed by atoms with Gasteiger partial charge in [-0.3, -0.25) is 9.69 Å². The van der Waals surface area contributed by atoms with E-state index in [-0.39, 0.29) is 5.91 Å². The highest BCUT2D eigenvalue weighted by molar-refractivity contribution is 7.14. The Hall–Kier alpha value is -3.43. The number of ether oxygens (including phenoxy) is 1. The van der Waals surface area contributed by atoms with Crippen molar-refractivity contribution in [2.24, 2.45) is 0 Å². The maximum atomic E-state index is 12.7. The van der Waals surface area contributed by atoms with Gasteiger partial charge in [0.1, 0.15) is 0 Å². The molecule has 0 unspecified atom stereocenters. The minimum atomic E-state index is -0.955. The molecule has 3 aromatic rings. The first-order valence-electron chi connectivity index (χ1n) is 10.4. The van der Waals surface area contributed by atoms with Gasteiger partial charge in [0.15, 0.2) is 5.13 Å². The van der Waals surface area contributed by atoms with Crippen LogP contribution in [0.25, 0.3) is 11.3 Å². The Balaban J connectivity index is 1.36. The Morgan fingerprint density at radius 2 is 1.66 bits per heavy atom. The molecule has 2 amide bonds. The summed E-state index contributed by atoms with van der Waals surface area (Å²) in [4.78, 5) is 34.3. The topological polar surface area (TPSA) is 86.2 Å². The molecule has 0 saturated carbocycles. The van der Waals surface area contributed by atoms with Crippen LogP contribution in [0.2, 0.25) is 0 Å². The van der Waals surface area contributed by atoms with Gasteiger partial charge in [-0.2, -0.15) is 0 Å². The fraction of sp³-hybridized carbons (Fsp3) is 0.261. The van der Waals surface area contributed by atoms with Crippen LogP contribution in [0.5, 0.6) is 0 Å². The van der Waals surface area contributed by atoms with Crippen LogP contribution in [-0.4, -0.2) is 66.4 Å². The van der Waals surface area contributed by atoms with E-state index in [9.17, 15) is 14.7 Å². The molecule has 9 heteroatoms. The average Bonchev–Trinajstić information content (AvgIpc) is 3.33. The number of benzene rings is 2. The molecule has 5 rings (SSSR count). The van der Waals surface area contributed by atoms with E-state index in [1.807, 2.05) is 58.8 Å². The number of carbonyl (C=O) groups excluding carboxylic acids is 1. The summed E-state index contributed by atoms with van der Waals surface area (Å²) in [7, 11) is 0. The summed E-state index contributed by atoms with van der Waals surface area (Å²) >= 11 is 1.52. The standard InChI is InChI=1S/C23H22N4O4S/c28-21(25-11-13-31-14-12-25)17-7-5-16(6-8-17)18-15-32-22(24-18)26-9-10-27(23(29)30)20-4-2-1-3-19(20)26/h1-8,15H,9-14H2,(H,29,30). The monoisotopic (exact) mass is 450 g/mol. The summed E-state index contributed by atoms with van der Waals surface area (Å²) in [5.74, 6) is 0.0201. The largest absolute Gasteiger partial charge is 0.465 e. The first kappa shape index (κ1) is 20.5. The third-order valence-electron chi connectivity index (χ3n) is 5.69. The fourth-order valence-corrected chi connectivity index (χ4v) is 4.89. The molecule has 1 saturated heterocycles. The van der Waals surface area contributed by atoms with Crippen LogP contribution in [0.1, 0.15) is 10.4 Å². The van der Waals surface area contributed by atoms with Gasteiger partial charge in [0.2, 0.25) is 0 Å². The predicted octanol–water partition coefficient (Wildman–Crippen LogP) is 3.92. The molecule has 0 spiro atoms. The lowest BCUT2D eigenvalue weighted by molar-refractivity contribution is 0.0303. The molecule has 0 aliphatic carbocycles. The number of amides is 2. The molecule has 8 nitrogen and oxygen atoms in total. The highest BCUT2D eigenvalue weighted by Gasteiger charge is 2.28. The molecule has 0 radical (unpaired) electrons. The minimum absolute atomic E-state index is 0.0201. The van der Waals surface area contributed by atoms with E-state index in [0.29, 0.717) is 50.6 Å². The molecule has 2 aliphatic heterocycles. The zero-order valence-electron chi connectivity index (χ0n) is 17.3. The van der Waals surface area contributed by atoms with E-state index in [1.165, 1.54) is 16.2 Å². The summed E-state index contributed by atoms with van der Waals surface area (Å²) < 4.78 is 5.32. The third-order valence-corrected chi connectivity index (χ3v) is 6.55. The summed E-state index contributed by atoms with van der Waals surface area (Å²) in [6, 6.07) is 15.0. The number of anilines is 3. The SMILES string of the molecule is O=C(c1ccc(-c2csc(N3CCN(C(=O)O)c4ccccc43)n2)cc1)N1CCOCC1. The van der Waals surface area contributed by atoms with E-state index >= 15 is 0 Å². The fourth-order valence-electron chi connectivity index (χ4n) is 4.01. The maximum Gasteiger partial charge on any atom is 0.411 e. The normalized spacial score (nSPS) is 16.1. The van der Waals surface area contributed by atoms with Gasteiger partial charge in [0.05, 0.1) is 30.3 Å². The number of carbonyl (C=O) groups is 2. The number of hydrogen-bond acceptors (Lipinski definition) is 6. The van der Waals surface area contributed by atoms with Gasteiger partial charge >= 0.3 is 6.09 Å². The van der Waals surface area contributed by atoms with Gasteiger partial charge in [-0.25, -0.2) is 9.78 Å². The predicted molar refractivity (Wildman–Crippen MR) is 123 cm³/mol. The van der Waals surface area contributed by atoms with Crippen molar-refractivity contribution in [1.82, 2.24) is 9.88 Å². The zero-order valence-corrected chi connectivity index (χ0v) is 18.1. The molecule has 164 valence electrons. The van der Waals surface area contributed by atoms with Crippen molar-refractivity contribution in [3.05, 3.63) is 59.5 Å². The Bertz CT molecular complexity index is 1140. The average molecular weight is 451 g/mol. The first-order valence-corrected chi connectivity index (χ1v) is 11.3. The second kappa shape index (κ2) is 8.60. The van der Waals surface area contributed by atoms with Crippen molar-refractivity contribution < 1.29 is 19.4 Å². The lowest BCUT2D eigenvalue weighted by Crippen LogP contribution is -2.41. The summed E-state index contributed by atoms with van der Waals surface area (Å²) in [5, 5.41) is 12.3. The summed E-state index contributed by atoms with van der Waals surface area (Å²) in [6.07, 6.45) is -0.955. The highest BCUT2D eigenvalue weighted by atomic mass is 32.1. The Morgan fingerprint density at radius 1 is 0.938 bits per heavy atom. The van der Waals surface area contributed by atoms with Crippen molar-refractivity contribution in [2.75, 3.05) is 49.2 Å². The maximum absolute atomic E-state index is 12.7. The van der Waals surface area contributed by atoms with Crippen LogP contribution >= 0.6 is 11.3 Å². The van der Waals surface area contributed by atoms with Crippen molar-refractivity contribution >= 4 is 39.8 Å². The quantitative estimate of drug-likeness (QED) is 0.651. The number of thiazole rings is 1. The van der Waals surface area contributed by atoms with E-state index in [0.717, 1.165) is 22.1 Å². The number of fused-ring (bicyclic) bond motifs is 1. The number of para-hydroxylation sites is 2. The van der Waals surface area contributed by atoms with E-state index in [1.54, 1.807) is 0 Å². The van der Waals surface area contributed by atoms with Crippen LogP contribution in [0.4, 0.5) is 21.3 Å². The highest BCUT2D eigenvalue weighted by Crippen LogP contribution is 2.39. The molecular formula is C23H22N4O4S. The number of morpholine rings is 1. The van der Waals surface area contributed by atoms with Crippen LogP contribution in [0.15, 0.2) is 53.9 Å². The molecule has 2 aliphatic rings. The van der Waals surface area contributed by atoms with Crippen LogP contribution in [0.3, 0.4) is 0 Å². The van der Waals surface area contributed by atoms with E-state index in [4.69, 9.17) is 9.72 Å². The molecule has 2 aromatic carbocycles. The Morgan fingerprint density at radius 3 is 2.38 bits per heavy atom. The number of aromatic nitrogens is 1. The first-order chi connectivity index (χ1) is 15.6. The number of rotatable bonds is 3. The summed E-state index contributed by atoms with van der Waals surface area (Å²) in [5.41, 5.74) is 3.91. The number of carboxylic acid groups (broad SMARTS) is 1. The second-order valence-corrected chi connectivity index (χ2v) is 8.41. The molecule has 0 atom stereocenters. The molecule has 1 fully saturated rings. The Labute approximate surface area is 189 Å². The van der Waals surface area contributed by atoms with Gasteiger partial charge in [0.25, 0.3) is 5.91 Å². The molecule has 1 N–H and O–H groups in total.